The Morgan fingerprint density at radius 3 is 3.00 bits per heavy atom. The van der Waals surface area contributed by atoms with Crippen molar-refractivity contribution in [3.63, 3.8) is 0 Å². The summed E-state index contributed by atoms with van der Waals surface area (Å²) in [6, 6.07) is 2.15. The fourth-order valence-corrected chi connectivity index (χ4v) is 3.81. The lowest BCUT2D eigenvalue weighted by molar-refractivity contribution is 0.943. The Bertz CT molecular complexity index is 695. The smallest absolute Gasteiger partial charge is 0.117 e. The highest BCUT2D eigenvalue weighted by Gasteiger charge is 2.10. The molecule has 0 saturated heterocycles. The minimum absolute atomic E-state index is 0.490. The van der Waals surface area contributed by atoms with Gasteiger partial charge in [-0.3, -0.25) is 0 Å². The topological polar surface area (TPSA) is 25.8 Å². The number of fused-ring (bicyclic) bond motifs is 1. The van der Waals surface area contributed by atoms with Gasteiger partial charge in [-0.15, -0.1) is 23.1 Å². The van der Waals surface area contributed by atoms with Gasteiger partial charge in [0.05, 0.1) is 10.2 Å². The van der Waals surface area contributed by atoms with E-state index in [0.717, 1.165) is 10.5 Å². The molecule has 2 heterocycles. The maximum absolute atomic E-state index is 4.36. The number of thiophene rings is 1. The van der Waals surface area contributed by atoms with Gasteiger partial charge in [-0.1, -0.05) is 37.3 Å². The highest BCUT2D eigenvalue weighted by atomic mass is 32.2. The lowest BCUT2D eigenvalue weighted by Gasteiger charge is -1.96. The Morgan fingerprint density at radius 2 is 2.16 bits per heavy atom. The predicted molar refractivity (Wildman–Crippen MR) is 84.6 cm³/mol. The first kappa shape index (κ1) is 12.6. The fraction of sp³-hybridized carbons (Fsp3) is 0.200. The zero-order chi connectivity index (χ0) is 13.2. The van der Waals surface area contributed by atoms with Crippen molar-refractivity contribution in [1.82, 2.24) is 9.97 Å². The number of nitrogens with zero attached hydrogens (tertiary/aromatic N) is 2. The summed E-state index contributed by atoms with van der Waals surface area (Å²) in [5, 5.41) is 1.06. The number of hydrogen-bond donors (Lipinski definition) is 0. The maximum atomic E-state index is 4.36. The summed E-state index contributed by atoms with van der Waals surface area (Å²) < 4.78 is 1.18. The average molecular weight is 286 g/mol. The van der Waals surface area contributed by atoms with E-state index in [1.54, 1.807) is 29.4 Å². The molecule has 4 heteroatoms. The van der Waals surface area contributed by atoms with Crippen LogP contribution < -0.4 is 0 Å². The Kier molecular flexibility index (Phi) is 3.53. The molecule has 1 aliphatic rings. The van der Waals surface area contributed by atoms with E-state index in [-0.39, 0.29) is 0 Å². The third kappa shape index (κ3) is 2.51. The van der Waals surface area contributed by atoms with Gasteiger partial charge >= 0.3 is 0 Å². The predicted octanol–water partition coefficient (Wildman–Crippen LogP) is 4.56. The van der Waals surface area contributed by atoms with Gasteiger partial charge in [0.25, 0.3) is 0 Å². The monoisotopic (exact) mass is 286 g/mol. The van der Waals surface area contributed by atoms with Crippen LogP contribution in [0.5, 0.6) is 0 Å². The van der Waals surface area contributed by atoms with E-state index >= 15 is 0 Å². The van der Waals surface area contributed by atoms with Gasteiger partial charge in [0, 0.05) is 4.88 Å². The van der Waals surface area contributed by atoms with Gasteiger partial charge < -0.3 is 0 Å². The number of hydrogen-bond acceptors (Lipinski definition) is 4. The third-order valence-corrected chi connectivity index (χ3v) is 5.03. The van der Waals surface area contributed by atoms with Crippen LogP contribution in [0.1, 0.15) is 11.8 Å². The van der Waals surface area contributed by atoms with Gasteiger partial charge in [-0.2, -0.15) is 0 Å². The van der Waals surface area contributed by atoms with E-state index in [4.69, 9.17) is 0 Å². The molecule has 0 N–H and O–H groups in total. The molecule has 0 fully saturated rings. The number of aromatic nitrogens is 2. The van der Waals surface area contributed by atoms with E-state index in [0.29, 0.717) is 5.92 Å². The van der Waals surface area contributed by atoms with Gasteiger partial charge in [-0.05, 0) is 23.8 Å². The van der Waals surface area contributed by atoms with E-state index < -0.39 is 0 Å². The summed E-state index contributed by atoms with van der Waals surface area (Å²) in [5.74, 6) is 0.490. The van der Waals surface area contributed by atoms with Crippen molar-refractivity contribution in [1.29, 1.82) is 0 Å². The molecule has 0 amide bonds. The minimum atomic E-state index is 0.490. The zero-order valence-electron chi connectivity index (χ0n) is 10.8. The van der Waals surface area contributed by atoms with Crippen molar-refractivity contribution < 1.29 is 0 Å². The fourth-order valence-electron chi connectivity index (χ4n) is 1.99. The standard InChI is InChI=1S/C15H14N2S2/c1-10-4-3-5-11(7-6-10)13-8-12-14(19-13)15(18-2)17-9-16-12/h3-10H,1-2H3. The van der Waals surface area contributed by atoms with Crippen LogP contribution >= 0.6 is 23.1 Å². The van der Waals surface area contributed by atoms with Crippen molar-refractivity contribution >= 4 is 38.9 Å². The molecule has 0 bridgehead atoms. The summed E-state index contributed by atoms with van der Waals surface area (Å²) in [5.41, 5.74) is 2.28. The van der Waals surface area contributed by atoms with Crippen LogP contribution in [0.25, 0.3) is 15.8 Å². The van der Waals surface area contributed by atoms with Crippen molar-refractivity contribution in [2.75, 3.05) is 6.26 Å². The highest BCUT2D eigenvalue weighted by Crippen LogP contribution is 2.35. The molecule has 2 aromatic heterocycles. The number of allylic oxidation sites excluding steroid dienone is 6. The van der Waals surface area contributed by atoms with Crippen LogP contribution in [0, 0.1) is 5.92 Å². The second-order valence-corrected chi connectivity index (χ2v) is 6.28. The summed E-state index contributed by atoms with van der Waals surface area (Å²) in [4.78, 5) is 9.94. The Hall–Kier alpha value is -1.39. The molecule has 1 aliphatic carbocycles. The first-order valence-corrected chi connectivity index (χ1v) is 8.17. The highest BCUT2D eigenvalue weighted by molar-refractivity contribution is 7.98. The molecular weight excluding hydrogens is 272 g/mol. The Morgan fingerprint density at radius 1 is 1.26 bits per heavy atom. The van der Waals surface area contributed by atoms with Crippen LogP contribution in [-0.4, -0.2) is 16.2 Å². The first-order valence-electron chi connectivity index (χ1n) is 6.13. The van der Waals surface area contributed by atoms with Crippen LogP contribution in [-0.2, 0) is 0 Å². The van der Waals surface area contributed by atoms with E-state index in [2.05, 4.69) is 59.6 Å². The van der Waals surface area contributed by atoms with Crippen LogP contribution in [0.15, 0.2) is 47.8 Å². The van der Waals surface area contributed by atoms with Crippen molar-refractivity contribution in [2.45, 2.75) is 11.9 Å². The summed E-state index contributed by atoms with van der Waals surface area (Å²) in [6.07, 6.45) is 14.6. The summed E-state index contributed by atoms with van der Waals surface area (Å²) >= 11 is 3.44. The molecular formula is C15H14N2S2. The zero-order valence-corrected chi connectivity index (χ0v) is 12.5. The Labute approximate surface area is 121 Å². The van der Waals surface area contributed by atoms with Crippen molar-refractivity contribution in [2.24, 2.45) is 5.92 Å². The molecule has 3 rings (SSSR count). The van der Waals surface area contributed by atoms with E-state index in [9.17, 15) is 0 Å². The molecule has 0 saturated carbocycles. The van der Waals surface area contributed by atoms with Crippen LogP contribution in [0.3, 0.4) is 0 Å². The summed E-state index contributed by atoms with van der Waals surface area (Å²) in [6.45, 7) is 2.19. The van der Waals surface area contributed by atoms with Crippen LogP contribution in [0.4, 0.5) is 0 Å². The van der Waals surface area contributed by atoms with Crippen LogP contribution in [0.2, 0.25) is 0 Å². The molecule has 96 valence electrons. The second-order valence-electron chi connectivity index (χ2n) is 4.43. The lowest BCUT2D eigenvalue weighted by Crippen LogP contribution is -1.80. The quantitative estimate of drug-likeness (QED) is 0.598. The molecule has 0 aliphatic heterocycles. The average Bonchev–Trinajstić information content (AvgIpc) is 2.74. The lowest BCUT2D eigenvalue weighted by atomic mass is 10.1. The van der Waals surface area contributed by atoms with Crippen molar-refractivity contribution in [3.8, 4) is 0 Å². The SMILES string of the molecule is CSc1ncnc2cc(C3=CC=CC(C)C=C3)sc12. The second kappa shape index (κ2) is 5.31. The molecule has 1 atom stereocenters. The molecule has 2 nitrogen and oxygen atoms in total. The molecule has 0 radical (unpaired) electrons. The number of rotatable bonds is 2. The van der Waals surface area contributed by atoms with Gasteiger partial charge in [0.1, 0.15) is 11.4 Å². The molecule has 1 unspecified atom stereocenters. The maximum Gasteiger partial charge on any atom is 0.117 e. The molecule has 0 aromatic carbocycles. The normalized spacial score (nSPS) is 18.6. The van der Waals surface area contributed by atoms with Crippen molar-refractivity contribution in [3.05, 3.63) is 47.7 Å². The third-order valence-electron chi connectivity index (χ3n) is 3.03. The number of thioether (sulfide) groups is 1. The molecule has 19 heavy (non-hydrogen) atoms. The first-order chi connectivity index (χ1) is 9.28. The van der Waals surface area contributed by atoms with E-state index in [1.807, 2.05) is 0 Å². The van der Waals surface area contributed by atoms with Gasteiger partial charge in [-0.25, -0.2) is 9.97 Å². The van der Waals surface area contributed by atoms with Gasteiger partial charge in [0.15, 0.2) is 0 Å². The molecule has 2 aromatic rings. The summed E-state index contributed by atoms with van der Waals surface area (Å²) in [7, 11) is 0. The Balaban J connectivity index is 2.09. The van der Waals surface area contributed by atoms with Gasteiger partial charge in [0.2, 0.25) is 0 Å². The largest absolute Gasteiger partial charge is 0.235 e. The van der Waals surface area contributed by atoms with E-state index in [1.165, 1.54) is 15.2 Å². The molecule has 0 spiro atoms. The minimum Gasteiger partial charge on any atom is -0.235 e.